The first-order chi connectivity index (χ1) is 7.66. The SMILES string of the molecule is O=C(CC1=NCCN1)c1cc(Cl)ccc1F. The summed E-state index contributed by atoms with van der Waals surface area (Å²) in [5.41, 5.74) is 0.0175. The number of aliphatic imine (C=N–C) groups is 1. The lowest BCUT2D eigenvalue weighted by Gasteiger charge is -2.03. The highest BCUT2D eigenvalue weighted by molar-refractivity contribution is 6.31. The van der Waals surface area contributed by atoms with E-state index in [1.165, 1.54) is 18.2 Å². The number of carbonyl (C=O) groups excluding carboxylic acids is 1. The minimum atomic E-state index is -0.548. The van der Waals surface area contributed by atoms with Crippen LogP contribution >= 0.6 is 11.6 Å². The van der Waals surface area contributed by atoms with Gasteiger partial charge in [-0.2, -0.15) is 0 Å². The number of hydrogen-bond donors (Lipinski definition) is 1. The second kappa shape index (κ2) is 4.61. The van der Waals surface area contributed by atoms with Gasteiger partial charge in [0.2, 0.25) is 0 Å². The number of hydrogen-bond acceptors (Lipinski definition) is 3. The van der Waals surface area contributed by atoms with Crippen LogP contribution < -0.4 is 5.32 Å². The maximum absolute atomic E-state index is 13.4. The molecule has 0 atom stereocenters. The van der Waals surface area contributed by atoms with Crippen LogP contribution in [0.5, 0.6) is 0 Å². The largest absolute Gasteiger partial charge is 0.372 e. The summed E-state index contributed by atoms with van der Waals surface area (Å²) >= 11 is 5.71. The van der Waals surface area contributed by atoms with Crippen molar-refractivity contribution in [2.24, 2.45) is 4.99 Å². The Morgan fingerprint density at radius 3 is 3.06 bits per heavy atom. The Morgan fingerprint density at radius 1 is 1.56 bits per heavy atom. The molecule has 1 heterocycles. The van der Waals surface area contributed by atoms with Gasteiger partial charge in [-0.15, -0.1) is 0 Å². The number of halogens is 2. The number of benzene rings is 1. The van der Waals surface area contributed by atoms with E-state index in [9.17, 15) is 9.18 Å². The van der Waals surface area contributed by atoms with E-state index >= 15 is 0 Å². The van der Waals surface area contributed by atoms with Gasteiger partial charge in [0.25, 0.3) is 0 Å². The van der Waals surface area contributed by atoms with Gasteiger partial charge in [0.05, 0.1) is 18.5 Å². The van der Waals surface area contributed by atoms with E-state index in [1.807, 2.05) is 0 Å². The lowest BCUT2D eigenvalue weighted by Crippen LogP contribution is -2.22. The third-order valence-corrected chi connectivity index (χ3v) is 2.54. The molecule has 1 aromatic rings. The van der Waals surface area contributed by atoms with E-state index in [-0.39, 0.29) is 17.8 Å². The third kappa shape index (κ3) is 2.39. The van der Waals surface area contributed by atoms with E-state index in [4.69, 9.17) is 11.6 Å². The van der Waals surface area contributed by atoms with E-state index < -0.39 is 5.82 Å². The van der Waals surface area contributed by atoms with Crippen molar-refractivity contribution >= 4 is 23.2 Å². The fourth-order valence-corrected chi connectivity index (χ4v) is 1.70. The molecule has 1 N–H and O–H groups in total. The fraction of sp³-hybridized carbons (Fsp3) is 0.273. The zero-order chi connectivity index (χ0) is 11.5. The number of nitrogens with one attached hydrogen (secondary N) is 1. The molecule has 84 valence electrons. The zero-order valence-corrected chi connectivity index (χ0v) is 9.22. The molecule has 16 heavy (non-hydrogen) atoms. The predicted molar refractivity (Wildman–Crippen MR) is 60.7 cm³/mol. The Morgan fingerprint density at radius 2 is 2.38 bits per heavy atom. The molecule has 0 fully saturated rings. The maximum Gasteiger partial charge on any atom is 0.173 e. The molecule has 5 heteroatoms. The van der Waals surface area contributed by atoms with Crippen LogP contribution in [0, 0.1) is 5.82 Å². The van der Waals surface area contributed by atoms with Crippen LogP contribution in [-0.4, -0.2) is 24.7 Å². The van der Waals surface area contributed by atoms with Crippen LogP contribution in [0.25, 0.3) is 0 Å². The minimum Gasteiger partial charge on any atom is -0.372 e. The van der Waals surface area contributed by atoms with E-state index in [1.54, 1.807) is 0 Å². The van der Waals surface area contributed by atoms with Crippen LogP contribution in [0.1, 0.15) is 16.8 Å². The van der Waals surface area contributed by atoms with Gasteiger partial charge < -0.3 is 5.32 Å². The van der Waals surface area contributed by atoms with Crippen LogP contribution in [0.4, 0.5) is 4.39 Å². The first kappa shape index (κ1) is 11.1. The van der Waals surface area contributed by atoms with Gasteiger partial charge >= 0.3 is 0 Å². The molecule has 0 spiro atoms. The van der Waals surface area contributed by atoms with Crippen LogP contribution in [-0.2, 0) is 0 Å². The average Bonchev–Trinajstić information content (AvgIpc) is 2.74. The normalized spacial score (nSPS) is 14.5. The van der Waals surface area contributed by atoms with Crippen molar-refractivity contribution in [3.63, 3.8) is 0 Å². The second-order valence-electron chi connectivity index (χ2n) is 3.48. The predicted octanol–water partition coefficient (Wildman–Crippen LogP) is 2.05. The van der Waals surface area contributed by atoms with Gasteiger partial charge in [0.15, 0.2) is 5.78 Å². The Bertz CT molecular complexity index is 459. The Balaban J connectivity index is 2.16. The van der Waals surface area contributed by atoms with Gasteiger partial charge in [0.1, 0.15) is 11.7 Å². The summed E-state index contributed by atoms with van der Waals surface area (Å²) in [6.07, 6.45) is 0.0945. The number of amidine groups is 1. The smallest absolute Gasteiger partial charge is 0.173 e. The molecule has 0 bridgehead atoms. The standard InChI is InChI=1S/C11H10ClFN2O/c12-7-1-2-9(13)8(5-7)10(16)6-11-14-3-4-15-11/h1-2,5H,3-4,6H2,(H,14,15). The summed E-state index contributed by atoms with van der Waals surface area (Å²) in [6, 6.07) is 3.95. The van der Waals surface area contributed by atoms with Gasteiger partial charge in [-0.1, -0.05) is 11.6 Å². The molecule has 1 aliphatic heterocycles. The Hall–Kier alpha value is -1.42. The minimum absolute atomic E-state index is 0.0175. The van der Waals surface area contributed by atoms with E-state index in [0.29, 0.717) is 17.4 Å². The van der Waals surface area contributed by atoms with Crippen LogP contribution in [0.15, 0.2) is 23.2 Å². The average molecular weight is 241 g/mol. The van der Waals surface area contributed by atoms with Gasteiger partial charge in [-0.3, -0.25) is 9.79 Å². The summed E-state index contributed by atoms with van der Waals surface area (Å²) in [4.78, 5) is 15.8. The number of rotatable bonds is 3. The van der Waals surface area contributed by atoms with Crippen molar-refractivity contribution in [1.29, 1.82) is 0 Å². The molecule has 0 saturated carbocycles. The summed E-state index contributed by atoms with van der Waals surface area (Å²) in [5.74, 6) is -0.245. The van der Waals surface area contributed by atoms with Crippen molar-refractivity contribution in [3.8, 4) is 0 Å². The number of nitrogens with zero attached hydrogens (tertiary/aromatic N) is 1. The third-order valence-electron chi connectivity index (χ3n) is 2.30. The highest BCUT2D eigenvalue weighted by Crippen LogP contribution is 2.16. The van der Waals surface area contributed by atoms with E-state index in [0.717, 1.165) is 6.54 Å². The summed E-state index contributed by atoms with van der Waals surface area (Å²) in [7, 11) is 0. The molecular weight excluding hydrogens is 231 g/mol. The van der Waals surface area contributed by atoms with Crippen molar-refractivity contribution < 1.29 is 9.18 Å². The van der Waals surface area contributed by atoms with E-state index in [2.05, 4.69) is 10.3 Å². The second-order valence-corrected chi connectivity index (χ2v) is 3.92. The van der Waals surface area contributed by atoms with Crippen LogP contribution in [0.2, 0.25) is 5.02 Å². The first-order valence-corrected chi connectivity index (χ1v) is 5.30. The molecule has 0 unspecified atom stereocenters. The molecule has 0 saturated heterocycles. The summed E-state index contributed by atoms with van der Waals surface area (Å²) in [5, 5.41) is 3.32. The molecule has 0 aliphatic carbocycles. The van der Waals surface area contributed by atoms with Crippen molar-refractivity contribution in [2.45, 2.75) is 6.42 Å². The molecule has 3 nitrogen and oxygen atoms in total. The molecule has 2 rings (SSSR count). The fourth-order valence-electron chi connectivity index (χ4n) is 1.52. The lowest BCUT2D eigenvalue weighted by molar-refractivity contribution is 0.0996. The molecule has 0 amide bonds. The van der Waals surface area contributed by atoms with Gasteiger partial charge in [0, 0.05) is 11.6 Å². The highest BCUT2D eigenvalue weighted by atomic mass is 35.5. The summed E-state index contributed by atoms with van der Waals surface area (Å²) in [6.45, 7) is 1.40. The zero-order valence-electron chi connectivity index (χ0n) is 8.46. The topological polar surface area (TPSA) is 41.5 Å². The van der Waals surface area contributed by atoms with Crippen molar-refractivity contribution in [1.82, 2.24) is 5.32 Å². The molecule has 1 aliphatic rings. The van der Waals surface area contributed by atoms with Gasteiger partial charge in [-0.05, 0) is 18.2 Å². The highest BCUT2D eigenvalue weighted by Gasteiger charge is 2.16. The monoisotopic (exact) mass is 240 g/mol. The number of ketones is 1. The summed E-state index contributed by atoms with van der Waals surface area (Å²) < 4.78 is 13.4. The Labute approximate surface area is 97.3 Å². The number of carbonyl (C=O) groups is 1. The number of Topliss-reactive ketones (excluding diaryl/α,β-unsaturated/α-hetero) is 1. The Kier molecular flexibility index (Phi) is 3.19. The lowest BCUT2D eigenvalue weighted by atomic mass is 10.1. The molecule has 0 aromatic heterocycles. The molecular formula is C11H10ClFN2O. The van der Waals surface area contributed by atoms with Gasteiger partial charge in [-0.25, -0.2) is 4.39 Å². The van der Waals surface area contributed by atoms with Crippen LogP contribution in [0.3, 0.4) is 0 Å². The molecule has 0 radical (unpaired) electrons. The quantitative estimate of drug-likeness (QED) is 0.822. The molecule has 1 aromatic carbocycles. The van der Waals surface area contributed by atoms with Crippen molar-refractivity contribution in [2.75, 3.05) is 13.1 Å². The van der Waals surface area contributed by atoms with Crippen molar-refractivity contribution in [3.05, 3.63) is 34.6 Å². The first-order valence-electron chi connectivity index (χ1n) is 4.92. The maximum atomic E-state index is 13.4.